The standard InChI is InChI=1S/C10H15O4P/c1-4-9-6-5-7(2)8(3)10(9)14-15(11,12)13/h5-6H,4H2,1-3H3,(H2,11,12,13). The van der Waals surface area contributed by atoms with Gasteiger partial charge in [0.25, 0.3) is 0 Å². The highest BCUT2D eigenvalue weighted by Gasteiger charge is 2.20. The summed E-state index contributed by atoms with van der Waals surface area (Å²) in [6, 6.07) is 3.74. The molecule has 1 aromatic carbocycles. The Balaban J connectivity index is 3.24. The van der Waals surface area contributed by atoms with E-state index in [4.69, 9.17) is 14.3 Å². The number of aryl methyl sites for hydroxylation is 2. The van der Waals surface area contributed by atoms with Gasteiger partial charge in [-0.05, 0) is 37.0 Å². The highest BCUT2D eigenvalue weighted by atomic mass is 31.2. The highest BCUT2D eigenvalue weighted by Crippen LogP contribution is 2.41. The van der Waals surface area contributed by atoms with Crippen LogP contribution in [0.15, 0.2) is 12.1 Å². The zero-order valence-electron chi connectivity index (χ0n) is 9.02. The maximum Gasteiger partial charge on any atom is 0.524 e. The summed E-state index contributed by atoms with van der Waals surface area (Å²) in [6.45, 7) is 5.58. The lowest BCUT2D eigenvalue weighted by Gasteiger charge is -2.15. The third-order valence-electron chi connectivity index (χ3n) is 2.35. The monoisotopic (exact) mass is 230 g/mol. The molecule has 1 rings (SSSR count). The number of benzene rings is 1. The van der Waals surface area contributed by atoms with Gasteiger partial charge >= 0.3 is 7.82 Å². The molecule has 0 saturated carbocycles. The molecular formula is C10H15O4P. The Hall–Kier alpha value is -0.830. The van der Waals surface area contributed by atoms with Gasteiger partial charge in [0, 0.05) is 0 Å². The van der Waals surface area contributed by atoms with Crippen LogP contribution in [0.2, 0.25) is 0 Å². The van der Waals surface area contributed by atoms with Crippen LogP contribution in [-0.4, -0.2) is 9.79 Å². The van der Waals surface area contributed by atoms with E-state index in [0.29, 0.717) is 12.2 Å². The zero-order chi connectivity index (χ0) is 11.6. The van der Waals surface area contributed by atoms with Crippen molar-refractivity contribution in [2.45, 2.75) is 27.2 Å². The van der Waals surface area contributed by atoms with Gasteiger partial charge in [-0.2, -0.15) is 0 Å². The molecule has 0 amide bonds. The molecule has 0 fully saturated rings. The molecule has 4 nitrogen and oxygen atoms in total. The zero-order valence-corrected chi connectivity index (χ0v) is 9.91. The topological polar surface area (TPSA) is 66.8 Å². The van der Waals surface area contributed by atoms with E-state index in [1.54, 1.807) is 6.92 Å². The van der Waals surface area contributed by atoms with Gasteiger partial charge in [0.05, 0.1) is 0 Å². The second-order valence-corrected chi connectivity index (χ2v) is 4.59. The molecule has 0 atom stereocenters. The van der Waals surface area contributed by atoms with Crippen LogP contribution in [0.25, 0.3) is 0 Å². The molecule has 15 heavy (non-hydrogen) atoms. The summed E-state index contributed by atoms with van der Waals surface area (Å²) in [5.74, 6) is 0.311. The van der Waals surface area contributed by atoms with Gasteiger partial charge in [-0.1, -0.05) is 19.1 Å². The molecule has 0 saturated heterocycles. The van der Waals surface area contributed by atoms with E-state index in [1.807, 2.05) is 26.0 Å². The van der Waals surface area contributed by atoms with Crippen molar-refractivity contribution in [2.75, 3.05) is 0 Å². The smallest absolute Gasteiger partial charge is 0.404 e. The quantitative estimate of drug-likeness (QED) is 0.782. The van der Waals surface area contributed by atoms with Crippen LogP contribution in [-0.2, 0) is 11.0 Å². The number of hydrogen-bond donors (Lipinski definition) is 2. The van der Waals surface area contributed by atoms with Gasteiger partial charge in [0.1, 0.15) is 5.75 Å². The summed E-state index contributed by atoms with van der Waals surface area (Å²) in [4.78, 5) is 17.6. The molecule has 1 aromatic rings. The first-order valence-electron chi connectivity index (χ1n) is 4.69. The lowest BCUT2D eigenvalue weighted by Crippen LogP contribution is -1.98. The Bertz CT molecular complexity index is 408. The second-order valence-electron chi connectivity index (χ2n) is 3.43. The first-order valence-corrected chi connectivity index (χ1v) is 6.22. The van der Waals surface area contributed by atoms with E-state index in [2.05, 4.69) is 0 Å². The molecule has 0 aliphatic carbocycles. The van der Waals surface area contributed by atoms with Gasteiger partial charge in [0.15, 0.2) is 0 Å². The Kier molecular flexibility index (Phi) is 3.55. The second kappa shape index (κ2) is 4.35. The van der Waals surface area contributed by atoms with Gasteiger partial charge in [-0.3, -0.25) is 9.79 Å². The molecule has 84 valence electrons. The Morgan fingerprint density at radius 2 is 1.93 bits per heavy atom. The van der Waals surface area contributed by atoms with E-state index in [0.717, 1.165) is 16.7 Å². The molecule has 0 heterocycles. The molecule has 5 heteroatoms. The summed E-state index contributed by atoms with van der Waals surface area (Å²) >= 11 is 0. The van der Waals surface area contributed by atoms with Crippen molar-refractivity contribution < 1.29 is 18.9 Å². The normalized spacial score (nSPS) is 11.5. The van der Waals surface area contributed by atoms with Gasteiger partial charge in [-0.15, -0.1) is 0 Å². The third-order valence-corrected chi connectivity index (χ3v) is 2.77. The van der Waals surface area contributed by atoms with E-state index < -0.39 is 7.82 Å². The maximum atomic E-state index is 10.8. The lowest BCUT2D eigenvalue weighted by molar-refractivity contribution is 0.281. The summed E-state index contributed by atoms with van der Waals surface area (Å²) < 4.78 is 15.5. The number of phosphoric acid groups is 1. The van der Waals surface area contributed by atoms with E-state index >= 15 is 0 Å². The van der Waals surface area contributed by atoms with E-state index in [-0.39, 0.29) is 0 Å². The fourth-order valence-electron chi connectivity index (χ4n) is 1.37. The van der Waals surface area contributed by atoms with Crippen LogP contribution in [0.1, 0.15) is 23.6 Å². The fourth-order valence-corrected chi connectivity index (χ4v) is 1.86. The number of hydrogen-bond acceptors (Lipinski definition) is 2. The molecule has 0 unspecified atom stereocenters. The Morgan fingerprint density at radius 1 is 1.33 bits per heavy atom. The third kappa shape index (κ3) is 3.06. The largest absolute Gasteiger partial charge is 0.524 e. The van der Waals surface area contributed by atoms with E-state index in [9.17, 15) is 4.57 Å². The molecule has 0 aliphatic rings. The average Bonchev–Trinajstić information content (AvgIpc) is 2.11. The minimum absolute atomic E-state index is 0.311. The Labute approximate surface area is 89.1 Å². The van der Waals surface area contributed by atoms with Gasteiger partial charge in [0.2, 0.25) is 0 Å². The Morgan fingerprint density at radius 3 is 2.40 bits per heavy atom. The van der Waals surface area contributed by atoms with Crippen LogP contribution in [0, 0.1) is 13.8 Å². The molecule has 2 N–H and O–H groups in total. The summed E-state index contributed by atoms with van der Waals surface area (Å²) in [6.07, 6.45) is 0.677. The molecule has 0 aromatic heterocycles. The fraction of sp³-hybridized carbons (Fsp3) is 0.400. The predicted octanol–water partition coefficient (Wildman–Crippen LogP) is 2.34. The van der Waals surface area contributed by atoms with Crippen molar-refractivity contribution in [1.29, 1.82) is 0 Å². The molecule has 0 bridgehead atoms. The molecular weight excluding hydrogens is 215 g/mol. The van der Waals surface area contributed by atoms with Crippen LogP contribution < -0.4 is 4.52 Å². The first-order chi connectivity index (χ1) is 6.85. The SMILES string of the molecule is CCc1ccc(C)c(C)c1OP(=O)(O)O. The minimum atomic E-state index is -4.47. The van der Waals surface area contributed by atoms with Crippen LogP contribution in [0.5, 0.6) is 5.75 Å². The molecule has 0 spiro atoms. The van der Waals surface area contributed by atoms with Crippen molar-refractivity contribution in [3.63, 3.8) is 0 Å². The van der Waals surface area contributed by atoms with Crippen molar-refractivity contribution >= 4 is 7.82 Å². The van der Waals surface area contributed by atoms with E-state index in [1.165, 1.54) is 0 Å². The van der Waals surface area contributed by atoms with Crippen LogP contribution in [0.3, 0.4) is 0 Å². The lowest BCUT2D eigenvalue weighted by atomic mass is 10.0. The maximum absolute atomic E-state index is 10.8. The van der Waals surface area contributed by atoms with Gasteiger partial charge in [-0.25, -0.2) is 4.57 Å². The highest BCUT2D eigenvalue weighted by molar-refractivity contribution is 7.46. The minimum Gasteiger partial charge on any atom is -0.404 e. The number of rotatable bonds is 3. The predicted molar refractivity (Wildman–Crippen MR) is 58.0 cm³/mol. The van der Waals surface area contributed by atoms with Crippen molar-refractivity contribution in [2.24, 2.45) is 0 Å². The van der Waals surface area contributed by atoms with Gasteiger partial charge < -0.3 is 4.52 Å². The molecule has 0 radical (unpaired) electrons. The van der Waals surface area contributed by atoms with Crippen LogP contribution in [0.4, 0.5) is 0 Å². The summed E-state index contributed by atoms with van der Waals surface area (Å²) in [5.41, 5.74) is 2.54. The average molecular weight is 230 g/mol. The molecule has 0 aliphatic heterocycles. The van der Waals surface area contributed by atoms with Crippen LogP contribution >= 0.6 is 7.82 Å². The van der Waals surface area contributed by atoms with Crippen molar-refractivity contribution in [3.05, 3.63) is 28.8 Å². The first kappa shape index (κ1) is 12.2. The summed E-state index contributed by atoms with van der Waals surface area (Å²) in [7, 11) is -4.47. The van der Waals surface area contributed by atoms with Crippen molar-refractivity contribution in [1.82, 2.24) is 0 Å². The van der Waals surface area contributed by atoms with Crippen molar-refractivity contribution in [3.8, 4) is 5.75 Å². The summed E-state index contributed by atoms with van der Waals surface area (Å²) in [5, 5.41) is 0. The number of phosphoric ester groups is 1.